The molecule has 280 valence electrons. The van der Waals surface area contributed by atoms with Gasteiger partial charge in [0.25, 0.3) is 5.91 Å². The fourth-order valence-corrected chi connectivity index (χ4v) is 6.31. The molecule has 2 aliphatic heterocycles. The average Bonchev–Trinajstić information content (AvgIpc) is 3.76. The predicted molar refractivity (Wildman–Crippen MR) is 191 cm³/mol. The Morgan fingerprint density at radius 3 is 2.25 bits per heavy atom. The first-order valence-corrected chi connectivity index (χ1v) is 17.3. The van der Waals surface area contributed by atoms with E-state index in [0.717, 1.165) is 28.7 Å². The Bertz CT molecular complexity index is 1620. The molecule has 3 heterocycles. The van der Waals surface area contributed by atoms with Crippen molar-refractivity contribution in [2.24, 2.45) is 11.3 Å². The molecular formula is C38H49N5O9. The first-order valence-electron chi connectivity index (χ1n) is 17.3. The molecule has 0 radical (unpaired) electrons. The van der Waals surface area contributed by atoms with Crippen LogP contribution in [0.25, 0.3) is 11.1 Å². The van der Waals surface area contributed by atoms with Gasteiger partial charge in [-0.1, -0.05) is 57.2 Å². The molecule has 2 fully saturated rings. The smallest absolute Gasteiger partial charge is 0.407 e. The molecule has 0 aliphatic carbocycles. The van der Waals surface area contributed by atoms with Crippen LogP contribution in [0, 0.1) is 11.3 Å². The highest BCUT2D eigenvalue weighted by Gasteiger charge is 2.44. The molecule has 6 unspecified atom stereocenters. The van der Waals surface area contributed by atoms with Gasteiger partial charge < -0.3 is 39.4 Å². The zero-order chi connectivity index (χ0) is 37.3. The Balaban J connectivity index is 1.37. The van der Waals surface area contributed by atoms with Crippen LogP contribution in [-0.4, -0.2) is 97.8 Å². The Kier molecular flexibility index (Phi) is 13.1. The van der Waals surface area contributed by atoms with Crippen molar-refractivity contribution in [3.63, 3.8) is 0 Å². The van der Waals surface area contributed by atoms with Crippen molar-refractivity contribution in [3.05, 3.63) is 84.2 Å². The third-order valence-corrected chi connectivity index (χ3v) is 9.22. The number of aliphatic hydroxyl groups excluding tert-OH is 1. The number of carbonyl (C=O) groups excluding carboxylic acids is 3. The summed E-state index contributed by atoms with van der Waals surface area (Å²) in [6.07, 6.45) is 0.914. The Hall–Kier alpha value is -4.76. The maximum Gasteiger partial charge on any atom is 0.407 e. The van der Waals surface area contributed by atoms with E-state index in [4.69, 9.17) is 23.7 Å². The lowest BCUT2D eigenvalue weighted by Crippen LogP contribution is -2.59. The number of pyridine rings is 1. The van der Waals surface area contributed by atoms with Gasteiger partial charge in [0.1, 0.15) is 17.9 Å². The molecule has 4 N–H and O–H groups in total. The van der Waals surface area contributed by atoms with Crippen LogP contribution < -0.4 is 20.8 Å². The van der Waals surface area contributed by atoms with Gasteiger partial charge in [0.05, 0.1) is 45.5 Å². The van der Waals surface area contributed by atoms with Crippen molar-refractivity contribution in [3.8, 4) is 16.9 Å². The molecule has 2 aromatic carbocycles. The zero-order valence-corrected chi connectivity index (χ0v) is 30.2. The Morgan fingerprint density at radius 1 is 0.923 bits per heavy atom. The minimum Gasteiger partial charge on any atom is -0.497 e. The molecule has 0 saturated carbocycles. The number of hydrogen-bond donors (Lipinski definition) is 4. The molecular weight excluding hydrogens is 670 g/mol. The van der Waals surface area contributed by atoms with Crippen LogP contribution >= 0.6 is 0 Å². The summed E-state index contributed by atoms with van der Waals surface area (Å²) in [5.41, 5.74) is 5.88. The van der Waals surface area contributed by atoms with Crippen molar-refractivity contribution < 1.29 is 43.2 Å². The van der Waals surface area contributed by atoms with E-state index in [2.05, 4.69) is 21.0 Å². The number of nitrogens with one attached hydrogen (secondary N) is 3. The maximum absolute atomic E-state index is 13.8. The second-order valence-electron chi connectivity index (χ2n) is 14.1. The minimum absolute atomic E-state index is 0.0561. The lowest BCUT2D eigenvalue weighted by atomic mass is 9.86. The van der Waals surface area contributed by atoms with Crippen molar-refractivity contribution in [1.82, 2.24) is 26.1 Å². The normalized spacial score (nSPS) is 19.9. The van der Waals surface area contributed by atoms with Gasteiger partial charge in [-0.15, -0.1) is 0 Å². The Labute approximate surface area is 304 Å². The van der Waals surface area contributed by atoms with E-state index >= 15 is 0 Å². The van der Waals surface area contributed by atoms with Gasteiger partial charge in [-0.05, 0) is 64.8 Å². The molecule has 1 aromatic heterocycles. The second-order valence-corrected chi connectivity index (χ2v) is 14.1. The molecule has 3 aromatic rings. The second kappa shape index (κ2) is 17.6. The van der Waals surface area contributed by atoms with Crippen LogP contribution in [0.5, 0.6) is 5.75 Å². The highest BCUT2D eigenvalue weighted by molar-refractivity contribution is 5.86. The molecule has 2 saturated heterocycles. The lowest BCUT2D eigenvalue weighted by molar-refractivity contribution is -0.131. The van der Waals surface area contributed by atoms with Crippen LogP contribution in [0.4, 0.5) is 9.59 Å². The topological polar surface area (TPSA) is 170 Å². The van der Waals surface area contributed by atoms with E-state index in [9.17, 15) is 19.5 Å². The summed E-state index contributed by atoms with van der Waals surface area (Å²) in [4.78, 5) is 43.4. The van der Waals surface area contributed by atoms with Crippen molar-refractivity contribution in [2.75, 3.05) is 34.0 Å². The SMILES string of the molecule is COC(=O)NC(C(=O)NN(Cc1ccc(OC)cc1)CC(O)C(Cc1ccc(-c2ccncc2)cc1)NC(=O)OC1COC2OCCC12)C(C)(C)C. The molecule has 3 amide bonds. The number of nitrogens with zero attached hydrogens (tertiary/aromatic N) is 2. The van der Waals surface area contributed by atoms with Gasteiger partial charge in [-0.25, -0.2) is 14.6 Å². The molecule has 6 atom stereocenters. The highest BCUT2D eigenvalue weighted by Crippen LogP contribution is 2.33. The summed E-state index contributed by atoms with van der Waals surface area (Å²) < 4.78 is 27.1. The number of benzene rings is 2. The third-order valence-electron chi connectivity index (χ3n) is 9.22. The number of aliphatic hydroxyl groups is 1. The number of fused-ring (bicyclic) bond motifs is 1. The van der Waals surface area contributed by atoms with E-state index in [-0.39, 0.29) is 38.3 Å². The molecule has 14 heteroatoms. The fraction of sp³-hybridized carbons (Fsp3) is 0.474. The summed E-state index contributed by atoms with van der Waals surface area (Å²) in [5, 5.41) is 18.9. The van der Waals surface area contributed by atoms with Gasteiger partial charge in [0.15, 0.2) is 6.29 Å². The van der Waals surface area contributed by atoms with E-state index in [1.165, 1.54) is 7.11 Å². The number of ether oxygens (including phenoxy) is 5. The maximum atomic E-state index is 13.8. The van der Waals surface area contributed by atoms with Gasteiger partial charge >= 0.3 is 12.2 Å². The number of alkyl carbamates (subject to hydrolysis) is 2. The standard InChI is InChI=1S/C38H49N5O9/c1-38(2,3)33(41-36(46)49-5)34(45)42-43(21-25-8-12-28(48-4)13-9-25)22-31(44)30(40-37(47)52-32-23-51-35-29(32)16-19-50-35)20-24-6-10-26(11-7-24)27-14-17-39-18-15-27/h6-15,17-18,29-33,35,44H,16,19-23H2,1-5H3,(H,40,47)(H,41,46)(H,42,45). The molecule has 5 rings (SSSR count). The van der Waals surface area contributed by atoms with Gasteiger partial charge in [-0.2, -0.15) is 0 Å². The molecule has 0 bridgehead atoms. The molecule has 2 aliphatic rings. The van der Waals surface area contributed by atoms with Gasteiger partial charge in [0, 0.05) is 25.5 Å². The van der Waals surface area contributed by atoms with Crippen LogP contribution in [0.3, 0.4) is 0 Å². The third kappa shape index (κ3) is 10.4. The number of methoxy groups -OCH3 is 2. The summed E-state index contributed by atoms with van der Waals surface area (Å²) in [7, 11) is 2.80. The van der Waals surface area contributed by atoms with Crippen molar-refractivity contribution in [2.45, 2.75) is 70.7 Å². The van der Waals surface area contributed by atoms with Crippen molar-refractivity contribution in [1.29, 1.82) is 0 Å². The molecule has 52 heavy (non-hydrogen) atoms. The number of amides is 3. The van der Waals surface area contributed by atoms with Crippen LogP contribution in [-0.2, 0) is 36.7 Å². The van der Waals surface area contributed by atoms with E-state index in [0.29, 0.717) is 12.4 Å². The van der Waals surface area contributed by atoms with E-state index < -0.39 is 47.8 Å². The van der Waals surface area contributed by atoms with E-state index in [1.54, 1.807) is 36.6 Å². The Morgan fingerprint density at radius 2 is 1.60 bits per heavy atom. The number of hydrogen-bond acceptors (Lipinski definition) is 11. The summed E-state index contributed by atoms with van der Waals surface area (Å²) >= 11 is 0. The number of aromatic nitrogens is 1. The molecule has 14 nitrogen and oxygen atoms in total. The summed E-state index contributed by atoms with van der Waals surface area (Å²) in [6, 6.07) is 17.1. The summed E-state index contributed by atoms with van der Waals surface area (Å²) in [6.45, 7) is 6.29. The zero-order valence-electron chi connectivity index (χ0n) is 30.2. The fourth-order valence-electron chi connectivity index (χ4n) is 6.31. The number of rotatable bonds is 14. The first kappa shape index (κ1) is 38.5. The van der Waals surface area contributed by atoms with Crippen LogP contribution in [0.15, 0.2) is 73.1 Å². The molecule has 0 spiro atoms. The predicted octanol–water partition coefficient (Wildman–Crippen LogP) is 3.82. The number of carbonyl (C=O) groups is 3. The number of hydrazine groups is 1. The van der Waals surface area contributed by atoms with E-state index in [1.807, 2.05) is 69.3 Å². The van der Waals surface area contributed by atoms with Gasteiger partial charge in [-0.3, -0.25) is 15.2 Å². The average molecular weight is 720 g/mol. The minimum atomic E-state index is -1.20. The van der Waals surface area contributed by atoms with Crippen molar-refractivity contribution >= 4 is 18.1 Å². The van der Waals surface area contributed by atoms with Crippen LogP contribution in [0.1, 0.15) is 38.3 Å². The van der Waals surface area contributed by atoms with Gasteiger partial charge in [0.2, 0.25) is 0 Å². The quantitative estimate of drug-likeness (QED) is 0.179. The first-order chi connectivity index (χ1) is 24.9. The lowest BCUT2D eigenvalue weighted by Gasteiger charge is -2.34. The largest absolute Gasteiger partial charge is 0.497 e. The summed E-state index contributed by atoms with van der Waals surface area (Å²) in [5.74, 6) is 0.0959. The highest BCUT2D eigenvalue weighted by atomic mass is 16.7. The van der Waals surface area contributed by atoms with Crippen LogP contribution in [0.2, 0.25) is 0 Å². The monoisotopic (exact) mass is 719 g/mol.